The van der Waals surface area contributed by atoms with Crippen molar-refractivity contribution in [2.75, 3.05) is 19.3 Å². The lowest BCUT2D eigenvalue weighted by Gasteiger charge is -2.13. The zero-order chi connectivity index (χ0) is 11.6. The van der Waals surface area contributed by atoms with Crippen LogP contribution in [0.1, 0.15) is 14.5 Å². The second-order valence-corrected chi connectivity index (χ2v) is 4.51. The van der Waals surface area contributed by atoms with Gasteiger partial charge in [-0.05, 0) is 13.0 Å². The van der Waals surface area contributed by atoms with Gasteiger partial charge in [0.15, 0.2) is 0 Å². The summed E-state index contributed by atoms with van der Waals surface area (Å²) >= 11 is 1.31. The van der Waals surface area contributed by atoms with Gasteiger partial charge in [-0.15, -0.1) is 11.3 Å². The Labute approximate surface area is 91.7 Å². The van der Waals surface area contributed by atoms with Crippen LogP contribution >= 0.6 is 11.3 Å². The Kier molecular flexibility index (Phi) is 3.31. The van der Waals surface area contributed by atoms with Gasteiger partial charge in [-0.2, -0.15) is 0 Å². The first kappa shape index (κ1) is 11.5. The molecule has 0 aliphatic heterocycles. The number of carbonyl (C=O) groups is 2. The summed E-state index contributed by atoms with van der Waals surface area (Å²) in [7, 11) is 1.53. The largest absolute Gasteiger partial charge is 0.398 e. The molecule has 1 aromatic rings. The summed E-state index contributed by atoms with van der Waals surface area (Å²) < 4.78 is 0. The third-order valence-corrected chi connectivity index (χ3v) is 2.96. The maximum Gasteiger partial charge on any atom is 0.264 e. The van der Waals surface area contributed by atoms with E-state index in [0.717, 1.165) is 4.88 Å². The van der Waals surface area contributed by atoms with Crippen LogP contribution < -0.4 is 11.5 Å². The molecule has 1 rings (SSSR count). The molecule has 0 aliphatic carbocycles. The van der Waals surface area contributed by atoms with E-state index in [1.165, 1.54) is 23.3 Å². The second-order valence-electron chi connectivity index (χ2n) is 3.25. The maximum absolute atomic E-state index is 11.7. The lowest BCUT2D eigenvalue weighted by atomic mass is 10.3. The normalized spacial score (nSPS) is 10.0. The molecule has 0 bridgehead atoms. The summed E-state index contributed by atoms with van der Waals surface area (Å²) in [5, 5.41) is 0. The van der Waals surface area contributed by atoms with Crippen molar-refractivity contribution in [1.82, 2.24) is 4.90 Å². The van der Waals surface area contributed by atoms with Crippen LogP contribution in [0.3, 0.4) is 0 Å². The molecule has 1 heterocycles. The fourth-order valence-corrected chi connectivity index (χ4v) is 2.03. The number of anilines is 1. The van der Waals surface area contributed by atoms with Gasteiger partial charge in [0.05, 0.1) is 11.4 Å². The Balaban J connectivity index is 2.80. The molecule has 0 fully saturated rings. The smallest absolute Gasteiger partial charge is 0.264 e. The zero-order valence-corrected chi connectivity index (χ0v) is 9.43. The van der Waals surface area contributed by atoms with Gasteiger partial charge in [0.2, 0.25) is 5.91 Å². The predicted molar refractivity (Wildman–Crippen MR) is 59.6 cm³/mol. The standard InChI is InChI=1S/C9H13N3O2S/c1-5-6(10)3-7(15-5)9(14)12(2)4-8(11)13/h3H,4,10H2,1-2H3,(H2,11,13). The highest BCUT2D eigenvalue weighted by molar-refractivity contribution is 7.14. The summed E-state index contributed by atoms with van der Waals surface area (Å²) in [4.78, 5) is 25.0. The average Bonchev–Trinajstić information content (AvgIpc) is 2.44. The van der Waals surface area contributed by atoms with E-state index in [-0.39, 0.29) is 12.5 Å². The number of nitrogen functional groups attached to an aromatic ring is 1. The van der Waals surface area contributed by atoms with Crippen LogP contribution in [0.2, 0.25) is 0 Å². The fraction of sp³-hybridized carbons (Fsp3) is 0.333. The number of nitrogens with zero attached hydrogens (tertiary/aromatic N) is 1. The Morgan fingerprint density at radius 3 is 2.53 bits per heavy atom. The first-order valence-electron chi connectivity index (χ1n) is 4.31. The maximum atomic E-state index is 11.7. The topological polar surface area (TPSA) is 89.4 Å². The van der Waals surface area contributed by atoms with E-state index in [1.807, 2.05) is 6.92 Å². The van der Waals surface area contributed by atoms with E-state index in [4.69, 9.17) is 11.5 Å². The number of aryl methyl sites for hydroxylation is 1. The van der Waals surface area contributed by atoms with Crippen molar-refractivity contribution in [3.05, 3.63) is 15.8 Å². The molecule has 1 aromatic heterocycles. The third kappa shape index (κ3) is 2.69. The van der Waals surface area contributed by atoms with E-state index in [9.17, 15) is 9.59 Å². The predicted octanol–water partition coefficient (Wildman–Crippen LogP) is 0.196. The molecule has 0 radical (unpaired) electrons. The summed E-state index contributed by atoms with van der Waals surface area (Å²) in [6.45, 7) is 1.75. The third-order valence-electron chi connectivity index (χ3n) is 1.91. The average molecular weight is 227 g/mol. The van der Waals surface area contributed by atoms with Crippen molar-refractivity contribution < 1.29 is 9.59 Å². The molecule has 0 saturated carbocycles. The minimum absolute atomic E-state index is 0.0876. The summed E-state index contributed by atoms with van der Waals surface area (Å²) in [5.74, 6) is -0.772. The number of thiophene rings is 1. The SMILES string of the molecule is Cc1sc(C(=O)N(C)CC(N)=O)cc1N. The molecule has 0 aliphatic rings. The van der Waals surface area contributed by atoms with Gasteiger partial charge in [0.1, 0.15) is 0 Å². The van der Waals surface area contributed by atoms with Gasteiger partial charge in [0, 0.05) is 17.6 Å². The minimum Gasteiger partial charge on any atom is -0.398 e. The van der Waals surface area contributed by atoms with E-state index < -0.39 is 5.91 Å². The molecular formula is C9H13N3O2S. The Hall–Kier alpha value is -1.56. The number of primary amides is 1. The molecule has 0 spiro atoms. The van der Waals surface area contributed by atoms with Crippen molar-refractivity contribution in [2.24, 2.45) is 5.73 Å². The number of carbonyl (C=O) groups excluding carboxylic acids is 2. The highest BCUT2D eigenvalue weighted by atomic mass is 32.1. The number of amides is 2. The van der Waals surface area contributed by atoms with Gasteiger partial charge in [-0.25, -0.2) is 0 Å². The lowest BCUT2D eigenvalue weighted by Crippen LogP contribution is -2.34. The van der Waals surface area contributed by atoms with Crippen LogP contribution in [-0.2, 0) is 4.79 Å². The summed E-state index contributed by atoms with van der Waals surface area (Å²) in [5.41, 5.74) is 11.2. The van der Waals surface area contributed by atoms with Crippen molar-refractivity contribution in [3.8, 4) is 0 Å². The van der Waals surface area contributed by atoms with E-state index in [2.05, 4.69) is 0 Å². The van der Waals surface area contributed by atoms with E-state index >= 15 is 0 Å². The molecule has 0 saturated heterocycles. The number of hydrogen-bond acceptors (Lipinski definition) is 4. The molecule has 82 valence electrons. The monoisotopic (exact) mass is 227 g/mol. The Morgan fingerprint density at radius 2 is 2.13 bits per heavy atom. The quantitative estimate of drug-likeness (QED) is 0.772. The molecule has 4 N–H and O–H groups in total. The second kappa shape index (κ2) is 4.31. The van der Waals surface area contributed by atoms with Crippen molar-refractivity contribution in [2.45, 2.75) is 6.92 Å². The first-order valence-corrected chi connectivity index (χ1v) is 5.13. The van der Waals surface area contributed by atoms with Crippen LogP contribution in [0.5, 0.6) is 0 Å². The molecule has 0 atom stereocenters. The molecule has 2 amide bonds. The van der Waals surface area contributed by atoms with Crippen LogP contribution in [0.25, 0.3) is 0 Å². The van der Waals surface area contributed by atoms with Crippen LogP contribution in [-0.4, -0.2) is 30.3 Å². The van der Waals surface area contributed by atoms with Crippen molar-refractivity contribution in [3.63, 3.8) is 0 Å². The fourth-order valence-electron chi connectivity index (χ4n) is 1.10. The van der Waals surface area contributed by atoms with Crippen molar-refractivity contribution >= 4 is 28.8 Å². The van der Waals surface area contributed by atoms with Crippen LogP contribution in [0, 0.1) is 6.92 Å². The number of hydrogen-bond donors (Lipinski definition) is 2. The molecule has 0 aromatic carbocycles. The Morgan fingerprint density at radius 1 is 1.53 bits per heavy atom. The molecule has 0 unspecified atom stereocenters. The van der Waals surface area contributed by atoms with Gasteiger partial charge in [0.25, 0.3) is 5.91 Å². The van der Waals surface area contributed by atoms with E-state index in [1.54, 1.807) is 6.07 Å². The number of nitrogens with two attached hydrogens (primary N) is 2. The van der Waals surface area contributed by atoms with E-state index in [0.29, 0.717) is 10.6 Å². The lowest BCUT2D eigenvalue weighted by molar-refractivity contribution is -0.118. The highest BCUT2D eigenvalue weighted by Gasteiger charge is 2.16. The number of likely N-dealkylation sites (N-methyl/N-ethyl adjacent to an activating group) is 1. The zero-order valence-electron chi connectivity index (χ0n) is 8.61. The van der Waals surface area contributed by atoms with Gasteiger partial charge >= 0.3 is 0 Å². The first-order chi connectivity index (χ1) is 6.91. The summed E-state index contributed by atoms with van der Waals surface area (Å²) in [6.07, 6.45) is 0. The Bertz CT molecular complexity index is 381. The van der Waals surface area contributed by atoms with Crippen LogP contribution in [0.15, 0.2) is 6.07 Å². The van der Waals surface area contributed by atoms with Gasteiger partial charge in [-0.1, -0.05) is 0 Å². The summed E-state index contributed by atoms with van der Waals surface area (Å²) in [6, 6.07) is 1.61. The highest BCUT2D eigenvalue weighted by Crippen LogP contribution is 2.24. The van der Waals surface area contributed by atoms with Crippen molar-refractivity contribution in [1.29, 1.82) is 0 Å². The molecule has 5 nitrogen and oxygen atoms in total. The van der Waals surface area contributed by atoms with Gasteiger partial charge in [-0.3, -0.25) is 9.59 Å². The number of rotatable bonds is 3. The molecule has 6 heteroatoms. The molecule has 15 heavy (non-hydrogen) atoms. The molecular weight excluding hydrogens is 214 g/mol. The van der Waals surface area contributed by atoms with Crippen LogP contribution in [0.4, 0.5) is 5.69 Å². The van der Waals surface area contributed by atoms with Gasteiger partial charge < -0.3 is 16.4 Å². The minimum atomic E-state index is -0.535.